The molecule has 1 amide bonds. The van der Waals surface area contributed by atoms with Gasteiger partial charge in [0, 0.05) is 19.0 Å². The summed E-state index contributed by atoms with van der Waals surface area (Å²) in [5.74, 6) is 1.49. The molecule has 1 saturated carbocycles. The molecule has 1 heterocycles. The maximum Gasteiger partial charge on any atom is 0.248 e. The molecule has 0 bridgehead atoms. The molecule has 182 valence electrons. The fourth-order valence-corrected chi connectivity index (χ4v) is 5.48. The van der Waals surface area contributed by atoms with Crippen molar-refractivity contribution in [2.75, 3.05) is 39.5 Å². The van der Waals surface area contributed by atoms with Crippen LogP contribution in [0, 0.1) is 23.7 Å². The Morgan fingerprint density at radius 3 is 2.91 bits per heavy atom. The zero-order valence-electron chi connectivity index (χ0n) is 20.0. The second-order valence-electron chi connectivity index (χ2n) is 9.97. The molecular formula is C26H43NO5. The lowest BCUT2D eigenvalue weighted by Crippen LogP contribution is -2.42. The van der Waals surface area contributed by atoms with E-state index >= 15 is 0 Å². The van der Waals surface area contributed by atoms with Gasteiger partial charge in [-0.2, -0.15) is 0 Å². The minimum atomic E-state index is -0.431. The topological polar surface area (TPSA) is 79.2 Å². The molecule has 0 aromatic heterocycles. The third-order valence-corrected chi connectivity index (χ3v) is 7.36. The van der Waals surface area contributed by atoms with Gasteiger partial charge < -0.3 is 24.6 Å². The van der Waals surface area contributed by atoms with Gasteiger partial charge in [0.25, 0.3) is 0 Å². The van der Waals surface area contributed by atoms with Crippen LogP contribution < -0.4 is 0 Å². The number of rotatable bonds is 12. The first-order chi connectivity index (χ1) is 15.5. The van der Waals surface area contributed by atoms with Crippen LogP contribution in [0.2, 0.25) is 0 Å². The molecule has 1 saturated heterocycles. The second-order valence-corrected chi connectivity index (χ2v) is 9.97. The smallest absolute Gasteiger partial charge is 0.248 e. The van der Waals surface area contributed by atoms with Gasteiger partial charge in [0.15, 0.2) is 0 Å². The molecule has 2 aliphatic carbocycles. The summed E-state index contributed by atoms with van der Waals surface area (Å²) >= 11 is 0. The Hall–Kier alpha value is -1.21. The monoisotopic (exact) mass is 449 g/mol. The number of morpholine rings is 1. The van der Waals surface area contributed by atoms with E-state index in [4.69, 9.17) is 9.47 Å². The van der Waals surface area contributed by atoms with E-state index in [0.29, 0.717) is 50.7 Å². The fraction of sp³-hybridized carbons (Fsp3) is 0.808. The zero-order valence-corrected chi connectivity index (χ0v) is 20.0. The summed E-state index contributed by atoms with van der Waals surface area (Å²) in [6.45, 7) is 7.62. The molecule has 0 aromatic rings. The first-order valence-corrected chi connectivity index (χ1v) is 12.6. The third kappa shape index (κ3) is 7.41. The second kappa shape index (κ2) is 12.9. The summed E-state index contributed by atoms with van der Waals surface area (Å²) in [6.07, 6.45) is 12.5. The number of unbranched alkanes of at least 4 members (excludes halogenated alkanes) is 1. The summed E-state index contributed by atoms with van der Waals surface area (Å²) in [4.78, 5) is 14.0. The van der Waals surface area contributed by atoms with Crippen LogP contribution in [0.15, 0.2) is 23.8 Å². The van der Waals surface area contributed by atoms with Crippen LogP contribution in [-0.4, -0.2) is 72.7 Å². The molecule has 6 heteroatoms. The average molecular weight is 450 g/mol. The van der Waals surface area contributed by atoms with Gasteiger partial charge in [-0.15, -0.1) is 0 Å². The van der Waals surface area contributed by atoms with Gasteiger partial charge in [-0.05, 0) is 43.4 Å². The highest BCUT2D eigenvalue weighted by molar-refractivity contribution is 5.77. The predicted molar refractivity (Wildman–Crippen MR) is 125 cm³/mol. The summed E-state index contributed by atoms with van der Waals surface area (Å²) in [6, 6.07) is 0. The highest BCUT2D eigenvalue weighted by Crippen LogP contribution is 2.48. The molecule has 0 radical (unpaired) electrons. The van der Waals surface area contributed by atoms with E-state index in [-0.39, 0.29) is 24.5 Å². The van der Waals surface area contributed by atoms with Gasteiger partial charge in [0.2, 0.25) is 5.91 Å². The van der Waals surface area contributed by atoms with Crippen molar-refractivity contribution in [2.24, 2.45) is 23.7 Å². The van der Waals surface area contributed by atoms with Crippen LogP contribution in [0.25, 0.3) is 0 Å². The fourth-order valence-electron chi connectivity index (χ4n) is 5.48. The molecule has 32 heavy (non-hydrogen) atoms. The maximum absolute atomic E-state index is 12.2. The molecule has 3 rings (SSSR count). The Morgan fingerprint density at radius 2 is 2.16 bits per heavy atom. The third-order valence-electron chi connectivity index (χ3n) is 7.36. The number of carbonyl (C=O) groups is 1. The predicted octanol–water partition coefficient (Wildman–Crippen LogP) is 3.33. The molecule has 3 aliphatic rings. The van der Waals surface area contributed by atoms with Crippen LogP contribution >= 0.6 is 0 Å². The van der Waals surface area contributed by atoms with Crippen molar-refractivity contribution in [3.8, 4) is 0 Å². The zero-order chi connectivity index (χ0) is 22.9. The number of carbonyl (C=O) groups excluding carboxylic acids is 1. The van der Waals surface area contributed by atoms with Crippen molar-refractivity contribution < 1.29 is 24.5 Å². The van der Waals surface area contributed by atoms with E-state index in [0.717, 1.165) is 32.1 Å². The van der Waals surface area contributed by atoms with Crippen molar-refractivity contribution in [2.45, 2.75) is 71.0 Å². The highest BCUT2D eigenvalue weighted by atomic mass is 16.5. The van der Waals surface area contributed by atoms with Crippen molar-refractivity contribution in [3.05, 3.63) is 23.8 Å². The van der Waals surface area contributed by atoms with Gasteiger partial charge in [0.1, 0.15) is 6.61 Å². The lowest BCUT2D eigenvalue weighted by atomic mass is 9.88. The van der Waals surface area contributed by atoms with Gasteiger partial charge in [-0.25, -0.2) is 0 Å². The van der Waals surface area contributed by atoms with Crippen molar-refractivity contribution >= 4 is 5.91 Å². The van der Waals surface area contributed by atoms with Crippen molar-refractivity contribution in [1.29, 1.82) is 0 Å². The molecule has 2 N–H and O–H groups in total. The van der Waals surface area contributed by atoms with E-state index in [2.05, 4.69) is 26.0 Å². The lowest BCUT2D eigenvalue weighted by Gasteiger charge is -2.26. The Bertz CT molecular complexity index is 642. The molecule has 1 aliphatic heterocycles. The lowest BCUT2D eigenvalue weighted by molar-refractivity contribution is -0.140. The molecule has 2 fully saturated rings. The minimum Gasteiger partial charge on any atom is -0.392 e. The maximum atomic E-state index is 12.2. The van der Waals surface area contributed by atoms with Crippen LogP contribution in [-0.2, 0) is 14.3 Å². The number of allylic oxidation sites excluding steroid dienone is 1. The van der Waals surface area contributed by atoms with Crippen LogP contribution in [0.3, 0.4) is 0 Å². The number of ether oxygens (including phenoxy) is 2. The van der Waals surface area contributed by atoms with E-state index in [1.54, 1.807) is 4.90 Å². The van der Waals surface area contributed by atoms with Gasteiger partial charge in [-0.3, -0.25) is 4.79 Å². The van der Waals surface area contributed by atoms with Gasteiger partial charge in [0.05, 0.1) is 32.0 Å². The van der Waals surface area contributed by atoms with Gasteiger partial charge >= 0.3 is 0 Å². The Balaban J connectivity index is 1.38. The van der Waals surface area contributed by atoms with Crippen molar-refractivity contribution in [3.63, 3.8) is 0 Å². The highest BCUT2D eigenvalue weighted by Gasteiger charge is 2.43. The summed E-state index contributed by atoms with van der Waals surface area (Å²) in [7, 11) is 0. The quantitative estimate of drug-likeness (QED) is 0.353. The molecule has 6 nitrogen and oxygen atoms in total. The van der Waals surface area contributed by atoms with Crippen molar-refractivity contribution in [1.82, 2.24) is 4.90 Å². The number of aliphatic hydroxyl groups excluding tert-OH is 2. The molecule has 0 aromatic carbocycles. The Morgan fingerprint density at radius 1 is 1.38 bits per heavy atom. The molecular weight excluding hydrogens is 406 g/mol. The first kappa shape index (κ1) is 25.4. The number of fused-ring (bicyclic) bond motifs is 1. The standard InChI is InChI=1S/C26H43NO5/c1-3-4-5-19(2)14-22(28)6-7-23-24-16-20(15-21(24)17-25(23)29)8-11-32-18-26(30)27-9-12-31-13-10-27/h6-7,15,19,21-25,28-29H,3-5,8-14,16-18H2,1-2H3/b7-6+/t19-,21-,22+,23+,24-,25+/m0/s1. The summed E-state index contributed by atoms with van der Waals surface area (Å²) in [5, 5.41) is 21.0. The first-order valence-electron chi connectivity index (χ1n) is 12.6. The van der Waals surface area contributed by atoms with E-state index in [9.17, 15) is 15.0 Å². The normalized spacial score (nSPS) is 29.9. The van der Waals surface area contributed by atoms with Gasteiger partial charge in [-0.1, -0.05) is 56.9 Å². The number of hydrogen-bond acceptors (Lipinski definition) is 5. The summed E-state index contributed by atoms with van der Waals surface area (Å²) in [5.41, 5.74) is 1.37. The number of hydrogen-bond donors (Lipinski definition) is 2. The van der Waals surface area contributed by atoms with Crippen LogP contribution in [0.4, 0.5) is 0 Å². The average Bonchev–Trinajstić information content (AvgIpc) is 3.30. The molecule has 0 unspecified atom stereocenters. The van der Waals surface area contributed by atoms with Crippen LogP contribution in [0.1, 0.15) is 58.8 Å². The largest absolute Gasteiger partial charge is 0.392 e. The number of amides is 1. The number of nitrogens with zero attached hydrogens (tertiary/aromatic N) is 1. The minimum absolute atomic E-state index is 0.0430. The molecule has 6 atom stereocenters. The van der Waals surface area contributed by atoms with E-state index < -0.39 is 6.10 Å². The van der Waals surface area contributed by atoms with Crippen LogP contribution in [0.5, 0.6) is 0 Å². The molecule has 0 spiro atoms. The SMILES string of the molecule is CCCC[C@H](C)C[C@H](O)/C=C/[C@@H]1[C@H]2CC(CCOCC(=O)N3CCOCC3)=C[C@H]2C[C@H]1O. The van der Waals surface area contributed by atoms with E-state index in [1.807, 2.05) is 6.08 Å². The summed E-state index contributed by atoms with van der Waals surface area (Å²) < 4.78 is 10.9. The van der Waals surface area contributed by atoms with E-state index in [1.165, 1.54) is 18.4 Å². The Kier molecular flexibility index (Phi) is 10.2. The Labute approximate surface area is 193 Å². The number of aliphatic hydroxyl groups is 2.